The molecule has 8 atom stereocenters. The van der Waals surface area contributed by atoms with E-state index in [1.165, 1.54) is 167 Å². The van der Waals surface area contributed by atoms with Gasteiger partial charge in [0.15, 0.2) is 12.4 Å². The number of rotatable bonds is 54. The van der Waals surface area contributed by atoms with Crippen LogP contribution in [0.1, 0.15) is 290 Å². The van der Waals surface area contributed by atoms with Crippen LogP contribution in [0.25, 0.3) is 0 Å². The first-order valence-corrected chi connectivity index (χ1v) is 31.9. The summed E-state index contributed by atoms with van der Waals surface area (Å²) in [4.78, 5) is 26.5. The molecule has 1 aliphatic heterocycles. The lowest BCUT2D eigenvalue weighted by molar-refractivity contribution is -0.305. The van der Waals surface area contributed by atoms with Crippen LogP contribution in [0.4, 0.5) is 0 Å². The summed E-state index contributed by atoms with van der Waals surface area (Å²) in [6.45, 7) is 5.76. The Morgan fingerprint density at radius 2 is 0.908 bits per heavy atom. The van der Waals surface area contributed by atoms with E-state index in [1.807, 2.05) is 6.08 Å². The van der Waals surface area contributed by atoms with Gasteiger partial charge < -0.3 is 45.1 Å². The molecule has 8 unspecified atom stereocenters. The lowest BCUT2D eigenvalue weighted by Gasteiger charge is -2.41. The van der Waals surface area contributed by atoms with E-state index >= 15 is 0 Å². The third-order valence-corrected chi connectivity index (χ3v) is 15.0. The van der Waals surface area contributed by atoms with Gasteiger partial charge in [0, 0.05) is 6.42 Å². The number of aliphatic hydroxyl groups is 5. The van der Waals surface area contributed by atoms with Gasteiger partial charge in [0.1, 0.15) is 24.4 Å². The molecule has 0 bridgehead atoms. The molecule has 1 aliphatic rings. The standard InChI is InChI=1S/C65H119NO10/c1-4-7-10-13-16-19-22-25-27-28-29-30-31-32-33-35-38-41-44-47-50-53-60(70)76-63-62(72)61(71)59(54-67)75-65(63)74-55-56(57(68)51-48-45-42-39-36-24-21-18-15-12-9-6-3)66-64(73)58(69)52-49-46-43-40-37-34-26-23-20-17-14-11-8-5-2/h16,19-20,23,25,27,48,51,56-59,61-63,65,67-69,71-72H,4-15,17-18,21-22,24,26,28-47,49-50,52-55H2,1-3H3,(H,66,73)/b19-16-,23-20-,27-25-,51-48+. The number of nitrogens with one attached hydrogen (secondary N) is 1. The van der Waals surface area contributed by atoms with Gasteiger partial charge in [-0.2, -0.15) is 0 Å². The summed E-state index contributed by atoms with van der Waals surface area (Å²) < 4.78 is 17.6. The van der Waals surface area contributed by atoms with Crippen molar-refractivity contribution in [2.75, 3.05) is 13.2 Å². The first-order chi connectivity index (χ1) is 37.2. The molecule has 444 valence electrons. The van der Waals surface area contributed by atoms with Crippen LogP contribution in [0, 0.1) is 0 Å². The van der Waals surface area contributed by atoms with Crippen molar-refractivity contribution in [1.29, 1.82) is 0 Å². The van der Waals surface area contributed by atoms with Gasteiger partial charge >= 0.3 is 5.97 Å². The zero-order valence-electron chi connectivity index (χ0n) is 49.1. The fourth-order valence-corrected chi connectivity index (χ4v) is 9.85. The molecule has 0 aliphatic carbocycles. The molecule has 6 N–H and O–H groups in total. The van der Waals surface area contributed by atoms with Crippen LogP contribution in [-0.2, 0) is 23.8 Å². The predicted octanol–water partition coefficient (Wildman–Crippen LogP) is 15.2. The van der Waals surface area contributed by atoms with E-state index in [9.17, 15) is 35.1 Å². The number of aliphatic hydroxyl groups excluding tert-OH is 5. The third kappa shape index (κ3) is 40.8. The Morgan fingerprint density at radius 3 is 1.39 bits per heavy atom. The van der Waals surface area contributed by atoms with Gasteiger partial charge in [0.05, 0.1) is 25.4 Å². The van der Waals surface area contributed by atoms with Gasteiger partial charge in [0.25, 0.3) is 0 Å². The quantitative estimate of drug-likeness (QED) is 0.0195. The lowest BCUT2D eigenvalue weighted by Crippen LogP contribution is -2.61. The average Bonchev–Trinajstić information content (AvgIpc) is 3.42. The Kier molecular flexibility index (Phi) is 50.2. The molecule has 1 heterocycles. The Hall–Kier alpha value is -2.38. The SMILES string of the molecule is CCCCC/C=C\C/C=C\CCCCCCCCCCCCCC(=O)OC1C(OCC(NC(=O)C(O)CCCCCCCC/C=C\CCCCCC)C(O)/C=C/CCCCCCCCCCCC)OC(CO)C(O)C1O. The minimum Gasteiger partial charge on any atom is -0.454 e. The minimum absolute atomic E-state index is 0.121. The molecule has 0 radical (unpaired) electrons. The number of esters is 1. The highest BCUT2D eigenvalue weighted by molar-refractivity contribution is 5.80. The molecular weight excluding hydrogens is 955 g/mol. The molecule has 1 amide bonds. The number of ether oxygens (including phenoxy) is 3. The van der Waals surface area contributed by atoms with Crippen LogP contribution >= 0.6 is 0 Å². The summed E-state index contributed by atoms with van der Waals surface area (Å²) in [5.41, 5.74) is 0. The van der Waals surface area contributed by atoms with E-state index < -0.39 is 67.4 Å². The minimum atomic E-state index is -1.61. The van der Waals surface area contributed by atoms with Crippen LogP contribution in [0.2, 0.25) is 0 Å². The largest absolute Gasteiger partial charge is 0.454 e. The summed E-state index contributed by atoms with van der Waals surface area (Å²) in [6.07, 6.45) is 54.3. The number of carbonyl (C=O) groups excluding carboxylic acids is 2. The van der Waals surface area contributed by atoms with Crippen molar-refractivity contribution >= 4 is 11.9 Å². The van der Waals surface area contributed by atoms with Crippen LogP contribution < -0.4 is 5.32 Å². The predicted molar refractivity (Wildman–Crippen MR) is 315 cm³/mol. The van der Waals surface area contributed by atoms with Crippen LogP contribution in [0.15, 0.2) is 48.6 Å². The number of hydrogen-bond donors (Lipinski definition) is 6. The Morgan fingerprint density at radius 1 is 0.513 bits per heavy atom. The number of amides is 1. The van der Waals surface area contributed by atoms with Crippen LogP contribution in [-0.4, -0.2) is 99.6 Å². The monoisotopic (exact) mass is 1070 g/mol. The zero-order valence-corrected chi connectivity index (χ0v) is 49.1. The molecule has 0 aromatic heterocycles. The molecule has 1 fully saturated rings. The lowest BCUT2D eigenvalue weighted by atomic mass is 9.99. The molecule has 0 aromatic carbocycles. The molecule has 76 heavy (non-hydrogen) atoms. The second-order valence-corrected chi connectivity index (χ2v) is 22.1. The van der Waals surface area contributed by atoms with Crippen molar-refractivity contribution in [3.05, 3.63) is 48.6 Å². The maximum atomic E-state index is 13.4. The first-order valence-electron chi connectivity index (χ1n) is 31.9. The molecule has 0 spiro atoms. The third-order valence-electron chi connectivity index (χ3n) is 15.0. The van der Waals surface area contributed by atoms with E-state index in [0.717, 1.165) is 77.0 Å². The summed E-state index contributed by atoms with van der Waals surface area (Å²) in [5, 5.41) is 57.0. The molecule has 11 nitrogen and oxygen atoms in total. The second-order valence-electron chi connectivity index (χ2n) is 22.1. The van der Waals surface area contributed by atoms with Gasteiger partial charge in [-0.05, 0) is 83.5 Å². The molecule has 11 heteroatoms. The van der Waals surface area contributed by atoms with E-state index in [4.69, 9.17) is 14.2 Å². The molecule has 1 rings (SSSR count). The number of unbranched alkanes of at least 4 members (excludes halogenated alkanes) is 34. The Labute approximate surface area is 466 Å². The molecule has 0 saturated carbocycles. The number of carbonyl (C=O) groups is 2. The van der Waals surface area contributed by atoms with Crippen molar-refractivity contribution in [2.24, 2.45) is 0 Å². The average molecular weight is 1070 g/mol. The van der Waals surface area contributed by atoms with Gasteiger partial charge in [0.2, 0.25) is 5.91 Å². The zero-order chi connectivity index (χ0) is 55.4. The van der Waals surface area contributed by atoms with Crippen molar-refractivity contribution in [3.63, 3.8) is 0 Å². The fourth-order valence-electron chi connectivity index (χ4n) is 9.85. The van der Waals surface area contributed by atoms with Gasteiger partial charge in [-0.3, -0.25) is 9.59 Å². The maximum absolute atomic E-state index is 13.4. The summed E-state index contributed by atoms with van der Waals surface area (Å²) in [5.74, 6) is -1.19. The van der Waals surface area contributed by atoms with Crippen molar-refractivity contribution in [1.82, 2.24) is 5.32 Å². The maximum Gasteiger partial charge on any atom is 0.306 e. The van der Waals surface area contributed by atoms with Crippen molar-refractivity contribution < 1.29 is 49.3 Å². The highest BCUT2D eigenvalue weighted by Crippen LogP contribution is 2.26. The summed E-state index contributed by atoms with van der Waals surface area (Å²) in [6, 6.07) is -1.02. The van der Waals surface area contributed by atoms with E-state index in [-0.39, 0.29) is 19.4 Å². The van der Waals surface area contributed by atoms with E-state index in [1.54, 1.807) is 6.08 Å². The number of allylic oxidation sites excluding steroid dienone is 7. The summed E-state index contributed by atoms with van der Waals surface area (Å²) >= 11 is 0. The fraction of sp³-hybridized carbons (Fsp3) is 0.846. The van der Waals surface area contributed by atoms with Crippen molar-refractivity contribution in [2.45, 2.75) is 339 Å². The number of hydrogen-bond acceptors (Lipinski definition) is 10. The van der Waals surface area contributed by atoms with E-state index in [0.29, 0.717) is 12.8 Å². The normalized spacial score (nSPS) is 19.4. The highest BCUT2D eigenvalue weighted by Gasteiger charge is 2.47. The van der Waals surface area contributed by atoms with Crippen LogP contribution in [0.5, 0.6) is 0 Å². The highest BCUT2D eigenvalue weighted by atomic mass is 16.7. The Balaban J connectivity index is 2.64. The van der Waals surface area contributed by atoms with Crippen LogP contribution in [0.3, 0.4) is 0 Å². The van der Waals surface area contributed by atoms with Gasteiger partial charge in [-0.25, -0.2) is 0 Å². The summed E-state index contributed by atoms with van der Waals surface area (Å²) in [7, 11) is 0. The second kappa shape index (κ2) is 53.3. The topological polar surface area (TPSA) is 175 Å². The Bertz CT molecular complexity index is 1420. The van der Waals surface area contributed by atoms with Gasteiger partial charge in [-0.1, -0.05) is 249 Å². The van der Waals surface area contributed by atoms with Gasteiger partial charge in [-0.15, -0.1) is 0 Å². The smallest absolute Gasteiger partial charge is 0.306 e. The molecule has 1 saturated heterocycles. The first kappa shape index (κ1) is 71.6. The van der Waals surface area contributed by atoms with E-state index in [2.05, 4.69) is 62.5 Å². The molecule has 0 aromatic rings. The molecular formula is C65H119NO10. The van der Waals surface area contributed by atoms with Crippen molar-refractivity contribution in [3.8, 4) is 0 Å².